The molecule has 34 heavy (non-hydrogen) atoms. The monoisotopic (exact) mass is 482 g/mol. The van der Waals surface area contributed by atoms with E-state index in [0.717, 1.165) is 5.56 Å². The van der Waals surface area contributed by atoms with Gasteiger partial charge in [-0.25, -0.2) is 4.98 Å². The van der Waals surface area contributed by atoms with E-state index < -0.39 is 41.0 Å². The minimum absolute atomic E-state index is 0.0512. The summed E-state index contributed by atoms with van der Waals surface area (Å²) in [4.78, 5) is 32.5. The van der Waals surface area contributed by atoms with Crippen molar-refractivity contribution in [1.29, 1.82) is 0 Å². The molecule has 0 aliphatic heterocycles. The topological polar surface area (TPSA) is 84.0 Å². The predicted octanol–water partition coefficient (Wildman–Crippen LogP) is 4.74. The molecule has 0 aliphatic carbocycles. The van der Waals surface area contributed by atoms with Gasteiger partial charge in [-0.1, -0.05) is 12.1 Å². The normalized spacial score (nSPS) is 11.7. The smallest absolute Gasteiger partial charge is 0.350 e. The molecule has 0 saturated carbocycles. The molecule has 0 fully saturated rings. The SMILES string of the molecule is O=C(NCCc1cccnc1)c1cccc(C(=O)Nc2cc(C(F)(F)F)cc(C(F)(F)F)c2)n1. The van der Waals surface area contributed by atoms with E-state index in [1.807, 2.05) is 11.4 Å². The van der Waals surface area contributed by atoms with Crippen LogP contribution in [0.1, 0.15) is 37.7 Å². The van der Waals surface area contributed by atoms with Crippen molar-refractivity contribution in [2.45, 2.75) is 18.8 Å². The highest BCUT2D eigenvalue weighted by atomic mass is 19.4. The fourth-order valence-electron chi connectivity index (χ4n) is 2.87. The summed E-state index contributed by atoms with van der Waals surface area (Å²) in [6, 6.07) is 8.05. The number of pyridine rings is 2. The number of alkyl halides is 6. The maximum absolute atomic E-state index is 13.0. The molecule has 2 heterocycles. The van der Waals surface area contributed by atoms with Gasteiger partial charge >= 0.3 is 12.4 Å². The number of amides is 2. The molecule has 2 aromatic heterocycles. The average molecular weight is 482 g/mol. The van der Waals surface area contributed by atoms with E-state index in [1.165, 1.54) is 18.2 Å². The van der Waals surface area contributed by atoms with Crippen molar-refractivity contribution in [3.8, 4) is 0 Å². The predicted molar refractivity (Wildman–Crippen MR) is 109 cm³/mol. The Balaban J connectivity index is 1.73. The molecule has 6 nitrogen and oxygen atoms in total. The lowest BCUT2D eigenvalue weighted by atomic mass is 10.1. The Morgan fingerprint density at radius 3 is 2.00 bits per heavy atom. The Morgan fingerprint density at radius 2 is 1.44 bits per heavy atom. The highest BCUT2D eigenvalue weighted by Crippen LogP contribution is 2.37. The van der Waals surface area contributed by atoms with Crippen molar-refractivity contribution in [2.24, 2.45) is 0 Å². The molecule has 3 aromatic rings. The van der Waals surface area contributed by atoms with Crippen LogP contribution < -0.4 is 10.6 Å². The molecule has 2 amide bonds. The molecule has 0 spiro atoms. The molecule has 0 aliphatic rings. The number of nitrogens with zero attached hydrogens (tertiary/aromatic N) is 2. The highest BCUT2D eigenvalue weighted by Gasteiger charge is 2.37. The van der Waals surface area contributed by atoms with Gasteiger partial charge in [0.1, 0.15) is 11.4 Å². The first-order valence-corrected chi connectivity index (χ1v) is 9.68. The van der Waals surface area contributed by atoms with E-state index >= 15 is 0 Å². The number of anilines is 1. The zero-order valence-corrected chi connectivity index (χ0v) is 17.2. The molecule has 0 radical (unpaired) electrons. The molecular formula is C22H16F6N4O2. The van der Waals surface area contributed by atoms with Crippen LogP contribution >= 0.6 is 0 Å². The minimum atomic E-state index is -5.06. The summed E-state index contributed by atoms with van der Waals surface area (Å²) in [5.41, 5.74) is -3.52. The number of benzene rings is 1. The number of rotatable bonds is 6. The third-order valence-electron chi connectivity index (χ3n) is 4.48. The second-order valence-corrected chi connectivity index (χ2v) is 7.02. The summed E-state index contributed by atoms with van der Waals surface area (Å²) in [5.74, 6) is -1.70. The van der Waals surface area contributed by atoms with Gasteiger partial charge in [0.05, 0.1) is 11.1 Å². The van der Waals surface area contributed by atoms with Crippen LogP contribution in [0.2, 0.25) is 0 Å². The molecule has 2 N–H and O–H groups in total. The van der Waals surface area contributed by atoms with Crippen molar-refractivity contribution in [3.63, 3.8) is 0 Å². The van der Waals surface area contributed by atoms with E-state index in [1.54, 1.807) is 18.5 Å². The van der Waals surface area contributed by atoms with Crippen LogP contribution in [0.15, 0.2) is 60.9 Å². The Morgan fingerprint density at radius 1 is 0.824 bits per heavy atom. The second kappa shape index (κ2) is 9.89. The van der Waals surface area contributed by atoms with Crippen molar-refractivity contribution in [3.05, 3.63) is 89.0 Å². The van der Waals surface area contributed by atoms with Crippen molar-refractivity contribution in [2.75, 3.05) is 11.9 Å². The van der Waals surface area contributed by atoms with Crippen LogP contribution in [0.25, 0.3) is 0 Å². The highest BCUT2D eigenvalue weighted by molar-refractivity contribution is 6.04. The van der Waals surface area contributed by atoms with Gasteiger partial charge in [0.15, 0.2) is 0 Å². The zero-order chi connectivity index (χ0) is 24.9. The van der Waals surface area contributed by atoms with E-state index in [4.69, 9.17) is 0 Å². The molecule has 0 bridgehead atoms. The third kappa shape index (κ3) is 6.53. The first-order chi connectivity index (χ1) is 15.9. The van der Waals surface area contributed by atoms with Gasteiger partial charge < -0.3 is 10.6 Å². The summed E-state index contributed by atoms with van der Waals surface area (Å²) in [7, 11) is 0. The second-order valence-electron chi connectivity index (χ2n) is 7.02. The van der Waals surface area contributed by atoms with Gasteiger partial charge in [0, 0.05) is 24.6 Å². The number of hydrogen-bond acceptors (Lipinski definition) is 4. The number of hydrogen-bond donors (Lipinski definition) is 2. The Hall–Kier alpha value is -3.96. The minimum Gasteiger partial charge on any atom is -0.350 e. The van der Waals surface area contributed by atoms with Crippen LogP contribution in [-0.4, -0.2) is 28.3 Å². The lowest BCUT2D eigenvalue weighted by molar-refractivity contribution is -0.143. The van der Waals surface area contributed by atoms with E-state index in [0.29, 0.717) is 18.6 Å². The molecule has 0 saturated heterocycles. The van der Waals surface area contributed by atoms with Crippen molar-refractivity contribution in [1.82, 2.24) is 15.3 Å². The van der Waals surface area contributed by atoms with Crippen LogP contribution in [0.5, 0.6) is 0 Å². The van der Waals surface area contributed by atoms with Crippen molar-refractivity contribution >= 4 is 17.5 Å². The maximum atomic E-state index is 13.0. The molecule has 12 heteroatoms. The molecule has 3 rings (SSSR count). The fourth-order valence-corrected chi connectivity index (χ4v) is 2.87. The van der Waals surface area contributed by atoms with Crippen molar-refractivity contribution < 1.29 is 35.9 Å². The molecular weight excluding hydrogens is 466 g/mol. The lowest BCUT2D eigenvalue weighted by Crippen LogP contribution is -2.27. The molecule has 178 valence electrons. The average Bonchev–Trinajstić information content (AvgIpc) is 2.78. The van der Waals surface area contributed by atoms with Gasteiger partial charge in [-0.3, -0.25) is 14.6 Å². The summed E-state index contributed by atoms with van der Waals surface area (Å²) < 4.78 is 78.0. The molecule has 0 atom stereocenters. The van der Waals surface area contributed by atoms with Crippen LogP contribution in [0, 0.1) is 0 Å². The van der Waals surface area contributed by atoms with E-state index in [-0.39, 0.29) is 24.0 Å². The first kappa shape index (κ1) is 24.7. The molecule has 1 aromatic carbocycles. The van der Waals surface area contributed by atoms with E-state index in [2.05, 4.69) is 15.3 Å². The number of nitrogens with one attached hydrogen (secondary N) is 2. The third-order valence-corrected chi connectivity index (χ3v) is 4.48. The largest absolute Gasteiger partial charge is 0.416 e. The van der Waals surface area contributed by atoms with Crippen LogP contribution in [0.3, 0.4) is 0 Å². The first-order valence-electron chi connectivity index (χ1n) is 9.68. The van der Waals surface area contributed by atoms with Gasteiger partial charge in [-0.2, -0.15) is 26.3 Å². The quantitative estimate of drug-likeness (QED) is 0.498. The van der Waals surface area contributed by atoms with Gasteiger partial charge in [-0.05, 0) is 48.4 Å². The molecule has 0 unspecified atom stereocenters. The number of carbonyl (C=O) groups excluding carboxylic acids is 2. The van der Waals surface area contributed by atoms with Crippen LogP contribution in [-0.2, 0) is 18.8 Å². The summed E-state index contributed by atoms with van der Waals surface area (Å²) in [6.45, 7) is 0.243. The number of carbonyl (C=O) groups is 2. The van der Waals surface area contributed by atoms with Gasteiger partial charge in [0.2, 0.25) is 0 Å². The summed E-state index contributed by atoms with van der Waals surface area (Å²) in [6.07, 6.45) is -6.41. The lowest BCUT2D eigenvalue weighted by Gasteiger charge is -2.14. The van der Waals surface area contributed by atoms with Gasteiger partial charge in [0.25, 0.3) is 11.8 Å². The van der Waals surface area contributed by atoms with Crippen LogP contribution in [0.4, 0.5) is 32.0 Å². The zero-order valence-electron chi connectivity index (χ0n) is 17.2. The fraction of sp³-hybridized carbons (Fsp3) is 0.182. The van der Waals surface area contributed by atoms with E-state index in [9.17, 15) is 35.9 Å². The summed E-state index contributed by atoms with van der Waals surface area (Å²) in [5, 5.41) is 4.57. The standard InChI is InChI=1S/C22H16F6N4O2/c23-21(24,25)14-9-15(22(26,27)28)11-16(10-14)31-20(34)18-5-1-4-17(32-18)19(33)30-8-6-13-3-2-7-29-12-13/h1-5,7,9-12H,6,8H2,(H,30,33)(H,31,34). The Labute approximate surface area is 189 Å². The Bertz CT molecular complexity index is 1150. The summed E-state index contributed by atoms with van der Waals surface area (Å²) >= 11 is 0. The van der Waals surface area contributed by atoms with Gasteiger partial charge in [-0.15, -0.1) is 0 Å². The maximum Gasteiger partial charge on any atom is 0.416 e. The number of halogens is 6. The Kier molecular flexibility index (Phi) is 7.18. The number of aromatic nitrogens is 2.